The van der Waals surface area contributed by atoms with Gasteiger partial charge in [-0.2, -0.15) is 5.43 Å². The van der Waals surface area contributed by atoms with Crippen LogP contribution in [0.25, 0.3) is 0 Å². The van der Waals surface area contributed by atoms with E-state index in [0.717, 1.165) is 18.4 Å². The lowest BCUT2D eigenvalue weighted by atomic mass is 9.89. The highest BCUT2D eigenvalue weighted by Crippen LogP contribution is 2.48. The minimum absolute atomic E-state index is 0.119. The van der Waals surface area contributed by atoms with Crippen LogP contribution in [0.3, 0.4) is 0 Å². The summed E-state index contributed by atoms with van der Waals surface area (Å²) in [5.74, 6) is 2.60. The Morgan fingerprint density at radius 3 is 2.79 bits per heavy atom. The number of nitrogens with one attached hydrogen (secondary N) is 1. The molecule has 1 N–H and O–H groups in total. The summed E-state index contributed by atoms with van der Waals surface area (Å²) in [7, 11) is 0. The highest BCUT2D eigenvalue weighted by molar-refractivity contribution is 6.32. The second-order valence-electron chi connectivity index (χ2n) is 9.04. The fourth-order valence-electron chi connectivity index (χ4n) is 4.47. The standard InChI is InChI=1S/C21H28ClN3O3/c1-21(2,3)28-20(26)16-6-7-17(23-19(16)22)25-9-8-18(24-25)27-12-15-11-13-4-5-14(15)10-13/h6-9,13-15,18,24H,4-5,10-12H2,1-3H3. The molecule has 2 bridgehead atoms. The summed E-state index contributed by atoms with van der Waals surface area (Å²) in [6.45, 7) is 6.24. The average Bonchev–Trinajstić information content (AvgIpc) is 3.35. The molecule has 2 heterocycles. The van der Waals surface area contributed by atoms with E-state index in [-0.39, 0.29) is 16.9 Å². The van der Waals surface area contributed by atoms with Gasteiger partial charge in [-0.25, -0.2) is 9.78 Å². The molecule has 28 heavy (non-hydrogen) atoms. The van der Waals surface area contributed by atoms with Gasteiger partial charge in [-0.15, -0.1) is 0 Å². The molecule has 4 rings (SSSR count). The molecule has 3 aliphatic rings. The molecule has 1 aromatic heterocycles. The second-order valence-corrected chi connectivity index (χ2v) is 9.40. The van der Waals surface area contributed by atoms with E-state index in [9.17, 15) is 4.79 Å². The number of rotatable bonds is 5. The van der Waals surface area contributed by atoms with E-state index in [0.29, 0.717) is 11.7 Å². The van der Waals surface area contributed by atoms with Crippen LogP contribution in [0.1, 0.15) is 56.8 Å². The van der Waals surface area contributed by atoms with Crippen molar-refractivity contribution < 1.29 is 14.3 Å². The quantitative estimate of drug-likeness (QED) is 0.581. The van der Waals surface area contributed by atoms with Crippen LogP contribution in [0.5, 0.6) is 0 Å². The molecule has 2 fully saturated rings. The maximum absolute atomic E-state index is 12.2. The van der Waals surface area contributed by atoms with Crippen molar-refractivity contribution in [3.63, 3.8) is 0 Å². The molecule has 2 aliphatic carbocycles. The number of anilines is 1. The number of carbonyl (C=O) groups excluding carboxylic acids is 1. The van der Waals surface area contributed by atoms with Crippen LogP contribution in [0, 0.1) is 17.8 Å². The van der Waals surface area contributed by atoms with Gasteiger partial charge in [-0.05, 0) is 76.0 Å². The van der Waals surface area contributed by atoms with Gasteiger partial charge in [0, 0.05) is 6.20 Å². The molecule has 1 aliphatic heterocycles. The zero-order valence-corrected chi connectivity index (χ0v) is 17.4. The molecular formula is C21H28ClN3O3. The molecule has 2 saturated carbocycles. The second kappa shape index (κ2) is 7.65. The van der Waals surface area contributed by atoms with E-state index in [1.165, 1.54) is 25.7 Å². The third-order valence-electron chi connectivity index (χ3n) is 5.75. The van der Waals surface area contributed by atoms with Crippen molar-refractivity contribution >= 4 is 23.4 Å². The number of ether oxygens (including phenoxy) is 2. The fourth-order valence-corrected chi connectivity index (χ4v) is 4.70. The van der Waals surface area contributed by atoms with Crippen LogP contribution in [0.2, 0.25) is 5.15 Å². The number of aromatic nitrogens is 1. The van der Waals surface area contributed by atoms with Gasteiger partial charge in [0.15, 0.2) is 0 Å². The lowest BCUT2D eigenvalue weighted by Gasteiger charge is -2.24. The SMILES string of the molecule is CC(C)(C)OC(=O)c1ccc(N2C=CC(OCC3CC4CCC3C4)N2)nc1Cl. The number of hydrogen-bond donors (Lipinski definition) is 1. The van der Waals surface area contributed by atoms with Crippen LogP contribution >= 0.6 is 11.6 Å². The number of halogens is 1. The normalized spacial score (nSPS) is 28.9. The van der Waals surface area contributed by atoms with E-state index in [2.05, 4.69) is 10.4 Å². The average molecular weight is 406 g/mol. The molecule has 0 spiro atoms. The van der Waals surface area contributed by atoms with Gasteiger partial charge >= 0.3 is 5.97 Å². The van der Waals surface area contributed by atoms with Gasteiger partial charge in [0.05, 0.1) is 12.2 Å². The maximum Gasteiger partial charge on any atom is 0.341 e. The van der Waals surface area contributed by atoms with Gasteiger partial charge in [0.1, 0.15) is 22.8 Å². The molecular weight excluding hydrogens is 378 g/mol. The van der Waals surface area contributed by atoms with Gasteiger partial charge in [-0.3, -0.25) is 5.01 Å². The Kier molecular flexibility index (Phi) is 5.38. The smallest absolute Gasteiger partial charge is 0.341 e. The monoisotopic (exact) mass is 405 g/mol. The number of nitrogens with zero attached hydrogens (tertiary/aromatic N) is 2. The van der Waals surface area contributed by atoms with E-state index in [1.54, 1.807) is 17.1 Å². The Morgan fingerprint density at radius 2 is 2.14 bits per heavy atom. The van der Waals surface area contributed by atoms with Gasteiger partial charge < -0.3 is 9.47 Å². The van der Waals surface area contributed by atoms with Gasteiger partial charge in [-0.1, -0.05) is 18.0 Å². The van der Waals surface area contributed by atoms with Crippen molar-refractivity contribution in [1.82, 2.24) is 10.4 Å². The molecule has 152 valence electrons. The van der Waals surface area contributed by atoms with Crippen LogP contribution in [0.15, 0.2) is 24.4 Å². The summed E-state index contributed by atoms with van der Waals surface area (Å²) in [4.78, 5) is 16.6. The zero-order chi connectivity index (χ0) is 19.9. The molecule has 1 aromatic rings. The summed E-state index contributed by atoms with van der Waals surface area (Å²) in [6, 6.07) is 3.37. The number of fused-ring (bicyclic) bond motifs is 2. The fraction of sp³-hybridized carbons (Fsp3) is 0.619. The number of hydrogen-bond acceptors (Lipinski definition) is 6. The topological polar surface area (TPSA) is 63.7 Å². The van der Waals surface area contributed by atoms with E-state index >= 15 is 0 Å². The van der Waals surface area contributed by atoms with Crippen molar-refractivity contribution in [3.8, 4) is 0 Å². The number of esters is 1. The van der Waals surface area contributed by atoms with Gasteiger partial charge in [0.25, 0.3) is 0 Å². The molecule has 0 saturated heterocycles. The van der Waals surface area contributed by atoms with E-state index in [4.69, 9.17) is 21.1 Å². The Balaban J connectivity index is 1.32. The van der Waals surface area contributed by atoms with Gasteiger partial charge in [0.2, 0.25) is 0 Å². The first-order valence-corrected chi connectivity index (χ1v) is 10.4. The maximum atomic E-state index is 12.2. The molecule has 0 radical (unpaired) electrons. The van der Waals surface area contributed by atoms with Crippen molar-refractivity contribution in [1.29, 1.82) is 0 Å². The Bertz CT molecular complexity index is 777. The Morgan fingerprint density at radius 1 is 1.32 bits per heavy atom. The minimum atomic E-state index is -0.582. The minimum Gasteiger partial charge on any atom is -0.456 e. The highest BCUT2D eigenvalue weighted by atomic mass is 35.5. The molecule has 4 unspecified atom stereocenters. The van der Waals surface area contributed by atoms with E-state index in [1.807, 2.05) is 33.0 Å². The van der Waals surface area contributed by atoms with Crippen LogP contribution < -0.4 is 10.4 Å². The lowest BCUT2D eigenvalue weighted by molar-refractivity contribution is 0.00692. The predicted octanol–water partition coefficient (Wildman–Crippen LogP) is 4.31. The molecule has 6 nitrogen and oxygen atoms in total. The summed E-state index contributed by atoms with van der Waals surface area (Å²) in [5.41, 5.74) is 2.93. The van der Waals surface area contributed by atoms with Crippen molar-refractivity contribution in [2.75, 3.05) is 11.6 Å². The highest BCUT2D eigenvalue weighted by Gasteiger charge is 2.39. The summed E-state index contributed by atoms with van der Waals surface area (Å²) >= 11 is 6.23. The Labute approximate surface area is 171 Å². The number of pyridine rings is 1. The summed E-state index contributed by atoms with van der Waals surface area (Å²) < 4.78 is 11.4. The van der Waals surface area contributed by atoms with Crippen LogP contribution in [0.4, 0.5) is 5.82 Å². The third-order valence-corrected chi connectivity index (χ3v) is 6.04. The van der Waals surface area contributed by atoms with Crippen molar-refractivity contribution in [2.45, 2.75) is 58.3 Å². The molecule has 0 amide bonds. The van der Waals surface area contributed by atoms with Crippen LogP contribution in [-0.2, 0) is 9.47 Å². The number of carbonyl (C=O) groups is 1. The zero-order valence-electron chi connectivity index (χ0n) is 16.7. The van der Waals surface area contributed by atoms with Crippen molar-refractivity contribution in [3.05, 3.63) is 35.1 Å². The van der Waals surface area contributed by atoms with E-state index < -0.39 is 11.6 Å². The molecule has 4 atom stereocenters. The van der Waals surface area contributed by atoms with Crippen LogP contribution in [-0.4, -0.2) is 29.4 Å². The number of hydrazine groups is 1. The lowest BCUT2D eigenvalue weighted by Crippen LogP contribution is -2.38. The molecule has 7 heteroatoms. The molecule has 0 aromatic carbocycles. The first kappa shape index (κ1) is 19.7. The summed E-state index contributed by atoms with van der Waals surface area (Å²) in [5, 5.41) is 1.88. The summed E-state index contributed by atoms with van der Waals surface area (Å²) in [6.07, 6.45) is 9.13. The first-order chi connectivity index (χ1) is 13.3. The van der Waals surface area contributed by atoms with Crippen molar-refractivity contribution in [2.24, 2.45) is 17.8 Å². The first-order valence-electron chi connectivity index (χ1n) is 10.0. The predicted molar refractivity (Wildman–Crippen MR) is 108 cm³/mol. The Hall–Kier alpha value is -1.63. The largest absolute Gasteiger partial charge is 0.456 e. The third kappa shape index (κ3) is 4.34.